The first-order chi connectivity index (χ1) is 12.6. The van der Waals surface area contributed by atoms with Crippen molar-refractivity contribution in [2.24, 2.45) is 5.92 Å². The SMILES string of the molecule is CC1(C)Cc2cccc(OCC[C](c3ccccc3)C3CC=CC3)c2O1. The second-order valence-corrected chi connectivity index (χ2v) is 7.91. The summed E-state index contributed by atoms with van der Waals surface area (Å²) in [5, 5.41) is 0. The van der Waals surface area contributed by atoms with Crippen molar-refractivity contribution in [3.63, 3.8) is 0 Å². The Morgan fingerprint density at radius 2 is 1.81 bits per heavy atom. The number of allylic oxidation sites excluding steroid dienone is 2. The second-order valence-electron chi connectivity index (χ2n) is 7.91. The van der Waals surface area contributed by atoms with Crippen LogP contribution in [0, 0.1) is 11.8 Å². The molecule has 0 bridgehead atoms. The van der Waals surface area contributed by atoms with Gasteiger partial charge in [0.1, 0.15) is 5.60 Å². The van der Waals surface area contributed by atoms with Crippen molar-refractivity contribution in [1.29, 1.82) is 0 Å². The van der Waals surface area contributed by atoms with Crippen LogP contribution in [0.4, 0.5) is 0 Å². The zero-order chi connectivity index (χ0) is 18.0. The molecule has 1 heterocycles. The van der Waals surface area contributed by atoms with Gasteiger partial charge in [-0.1, -0.05) is 54.6 Å². The lowest BCUT2D eigenvalue weighted by Crippen LogP contribution is -2.24. The fourth-order valence-electron chi connectivity index (χ4n) is 4.11. The maximum atomic E-state index is 6.19. The van der Waals surface area contributed by atoms with Crippen LogP contribution in [0.3, 0.4) is 0 Å². The lowest BCUT2D eigenvalue weighted by Gasteiger charge is -2.24. The highest BCUT2D eigenvalue weighted by molar-refractivity contribution is 5.50. The Hall–Kier alpha value is -2.22. The molecular weight excluding hydrogens is 320 g/mol. The van der Waals surface area contributed by atoms with Gasteiger partial charge < -0.3 is 9.47 Å². The van der Waals surface area contributed by atoms with Crippen LogP contribution in [-0.4, -0.2) is 12.2 Å². The molecule has 0 aromatic heterocycles. The van der Waals surface area contributed by atoms with E-state index in [9.17, 15) is 0 Å². The molecule has 4 rings (SSSR count). The predicted molar refractivity (Wildman–Crippen MR) is 106 cm³/mol. The van der Waals surface area contributed by atoms with E-state index in [-0.39, 0.29) is 5.60 Å². The number of hydrogen-bond donors (Lipinski definition) is 0. The van der Waals surface area contributed by atoms with E-state index in [2.05, 4.69) is 68.5 Å². The molecule has 0 atom stereocenters. The molecule has 2 aromatic rings. The Morgan fingerprint density at radius 3 is 2.58 bits per heavy atom. The van der Waals surface area contributed by atoms with Crippen molar-refractivity contribution in [2.75, 3.05) is 6.61 Å². The van der Waals surface area contributed by atoms with Crippen LogP contribution in [0.1, 0.15) is 44.2 Å². The molecule has 0 saturated heterocycles. The first-order valence-corrected chi connectivity index (χ1v) is 9.62. The van der Waals surface area contributed by atoms with E-state index in [1.165, 1.54) is 17.0 Å². The number of fused-ring (bicyclic) bond motifs is 1. The summed E-state index contributed by atoms with van der Waals surface area (Å²) in [7, 11) is 0. The smallest absolute Gasteiger partial charge is 0.165 e. The molecule has 2 nitrogen and oxygen atoms in total. The monoisotopic (exact) mass is 347 g/mol. The summed E-state index contributed by atoms with van der Waals surface area (Å²) >= 11 is 0. The number of para-hydroxylation sites is 1. The summed E-state index contributed by atoms with van der Waals surface area (Å²) in [6.07, 6.45) is 8.77. The maximum Gasteiger partial charge on any atom is 0.165 e. The molecule has 135 valence electrons. The van der Waals surface area contributed by atoms with Crippen LogP contribution in [0.2, 0.25) is 0 Å². The Kier molecular flexibility index (Phi) is 4.76. The van der Waals surface area contributed by atoms with Crippen LogP contribution in [0.15, 0.2) is 60.7 Å². The zero-order valence-corrected chi connectivity index (χ0v) is 15.7. The third-order valence-corrected chi connectivity index (χ3v) is 5.33. The Morgan fingerprint density at radius 1 is 1.04 bits per heavy atom. The summed E-state index contributed by atoms with van der Waals surface area (Å²) in [4.78, 5) is 0. The molecule has 0 saturated carbocycles. The molecule has 1 radical (unpaired) electrons. The van der Waals surface area contributed by atoms with E-state index in [1.807, 2.05) is 6.07 Å². The zero-order valence-electron chi connectivity index (χ0n) is 15.7. The minimum Gasteiger partial charge on any atom is -0.490 e. The molecule has 0 spiro atoms. The van der Waals surface area contributed by atoms with Gasteiger partial charge in [0.15, 0.2) is 11.5 Å². The van der Waals surface area contributed by atoms with Crippen LogP contribution in [0.25, 0.3) is 0 Å². The molecule has 0 amide bonds. The molecule has 0 fully saturated rings. The summed E-state index contributed by atoms with van der Waals surface area (Å²) in [6, 6.07) is 17.0. The normalized spacial score (nSPS) is 18.1. The summed E-state index contributed by atoms with van der Waals surface area (Å²) in [6.45, 7) is 4.94. The Labute approximate surface area is 156 Å². The predicted octanol–water partition coefficient (Wildman–Crippen LogP) is 5.76. The largest absolute Gasteiger partial charge is 0.490 e. The number of rotatable bonds is 6. The Bertz CT molecular complexity index is 768. The number of benzene rings is 2. The third-order valence-electron chi connectivity index (χ3n) is 5.33. The lowest BCUT2D eigenvalue weighted by molar-refractivity contribution is 0.132. The van der Waals surface area contributed by atoms with Gasteiger partial charge >= 0.3 is 0 Å². The first-order valence-electron chi connectivity index (χ1n) is 9.62. The molecule has 2 aliphatic rings. The molecule has 2 heteroatoms. The average Bonchev–Trinajstić information content (AvgIpc) is 3.26. The lowest BCUT2D eigenvalue weighted by atomic mass is 9.82. The van der Waals surface area contributed by atoms with Gasteiger partial charge in [-0.25, -0.2) is 0 Å². The van der Waals surface area contributed by atoms with Crippen molar-refractivity contribution in [2.45, 2.75) is 45.1 Å². The van der Waals surface area contributed by atoms with Crippen molar-refractivity contribution in [1.82, 2.24) is 0 Å². The Balaban J connectivity index is 1.44. The van der Waals surface area contributed by atoms with Crippen molar-refractivity contribution in [3.8, 4) is 11.5 Å². The molecule has 0 N–H and O–H groups in total. The minimum atomic E-state index is -0.140. The third kappa shape index (κ3) is 3.65. The average molecular weight is 347 g/mol. The van der Waals surface area contributed by atoms with Gasteiger partial charge in [-0.2, -0.15) is 0 Å². The standard InChI is InChI=1S/C24H27O2/c1-24(2)17-20-13-8-14-22(23(20)26-24)25-16-15-21(19-11-6-7-12-19)18-9-4-3-5-10-18/h3-10,13-14,19H,11-12,15-17H2,1-2H3. The maximum absolute atomic E-state index is 6.19. The highest BCUT2D eigenvalue weighted by Gasteiger charge is 2.32. The topological polar surface area (TPSA) is 18.5 Å². The van der Waals surface area contributed by atoms with Gasteiger partial charge in [0.2, 0.25) is 0 Å². The van der Waals surface area contributed by atoms with E-state index in [4.69, 9.17) is 9.47 Å². The summed E-state index contributed by atoms with van der Waals surface area (Å²) < 4.78 is 12.3. The van der Waals surface area contributed by atoms with Gasteiger partial charge in [0.05, 0.1) is 6.61 Å². The molecule has 26 heavy (non-hydrogen) atoms. The highest BCUT2D eigenvalue weighted by atomic mass is 16.5. The molecule has 0 unspecified atom stereocenters. The second kappa shape index (κ2) is 7.19. The first kappa shape index (κ1) is 17.2. The van der Waals surface area contributed by atoms with Gasteiger partial charge in [0.25, 0.3) is 0 Å². The van der Waals surface area contributed by atoms with E-state index < -0.39 is 0 Å². The van der Waals surface area contributed by atoms with E-state index in [0.29, 0.717) is 12.5 Å². The quantitative estimate of drug-likeness (QED) is 0.619. The van der Waals surface area contributed by atoms with Crippen LogP contribution in [-0.2, 0) is 6.42 Å². The summed E-state index contributed by atoms with van der Waals surface area (Å²) in [5.74, 6) is 3.92. The van der Waals surface area contributed by atoms with Crippen LogP contribution >= 0.6 is 0 Å². The van der Waals surface area contributed by atoms with Crippen LogP contribution in [0.5, 0.6) is 11.5 Å². The molecule has 1 aliphatic carbocycles. The number of hydrogen-bond acceptors (Lipinski definition) is 2. The highest BCUT2D eigenvalue weighted by Crippen LogP contribution is 2.42. The fraction of sp³-hybridized carbons (Fsp3) is 0.375. The molecular formula is C24H27O2. The van der Waals surface area contributed by atoms with Crippen molar-refractivity contribution in [3.05, 3.63) is 77.7 Å². The van der Waals surface area contributed by atoms with Gasteiger partial charge in [-0.3, -0.25) is 0 Å². The number of ether oxygens (including phenoxy) is 2. The minimum absolute atomic E-state index is 0.140. The van der Waals surface area contributed by atoms with Gasteiger partial charge in [-0.15, -0.1) is 0 Å². The van der Waals surface area contributed by atoms with E-state index >= 15 is 0 Å². The van der Waals surface area contributed by atoms with E-state index in [1.54, 1.807) is 0 Å². The summed E-state index contributed by atoms with van der Waals surface area (Å²) in [5.41, 5.74) is 2.46. The molecule has 1 aliphatic heterocycles. The van der Waals surface area contributed by atoms with Gasteiger partial charge in [-0.05, 0) is 50.7 Å². The van der Waals surface area contributed by atoms with E-state index in [0.717, 1.165) is 37.2 Å². The fourth-order valence-corrected chi connectivity index (χ4v) is 4.11. The van der Waals surface area contributed by atoms with Crippen LogP contribution < -0.4 is 9.47 Å². The molecule has 2 aromatic carbocycles. The van der Waals surface area contributed by atoms with Crippen molar-refractivity contribution < 1.29 is 9.47 Å². The van der Waals surface area contributed by atoms with Crippen molar-refractivity contribution >= 4 is 0 Å². The van der Waals surface area contributed by atoms with Gasteiger partial charge in [0, 0.05) is 17.9 Å².